The number of hydrogen-bond acceptors (Lipinski definition) is 9. The summed E-state index contributed by atoms with van der Waals surface area (Å²) in [5, 5.41) is 10.5. The fourth-order valence-electron chi connectivity index (χ4n) is 10.1. The predicted molar refractivity (Wildman–Crippen MR) is 196 cm³/mol. The zero-order chi connectivity index (χ0) is 38.2. The first kappa shape index (κ1) is 35.4. The van der Waals surface area contributed by atoms with Crippen molar-refractivity contribution in [2.75, 3.05) is 50.8 Å². The lowest BCUT2D eigenvalue weighted by molar-refractivity contribution is -0.147. The average Bonchev–Trinajstić information content (AvgIpc) is 3.34. The summed E-state index contributed by atoms with van der Waals surface area (Å²) in [4.78, 5) is 28.7. The molecule has 2 aromatic heterocycles. The van der Waals surface area contributed by atoms with Crippen molar-refractivity contribution in [3.8, 4) is 29.0 Å². The number of hydrogen-bond donors (Lipinski definition) is 0. The first-order chi connectivity index (χ1) is 26.3. The highest BCUT2D eigenvalue weighted by Crippen LogP contribution is 2.54. The second-order valence-corrected chi connectivity index (χ2v) is 18.0. The molecule has 288 valence electrons. The second-order valence-electron chi connectivity index (χ2n) is 16.4. The van der Waals surface area contributed by atoms with Crippen molar-refractivity contribution in [3.05, 3.63) is 39.2 Å². The van der Waals surface area contributed by atoms with Crippen LogP contribution in [0.15, 0.2) is 12.1 Å². The molecule has 0 N–H and O–H groups in total. The van der Waals surface area contributed by atoms with Gasteiger partial charge in [0.05, 0.1) is 32.3 Å². The normalized spacial score (nSPS) is 27.6. The van der Waals surface area contributed by atoms with Gasteiger partial charge in [0.15, 0.2) is 11.6 Å². The molecule has 5 aliphatic heterocycles. The molecule has 16 heteroatoms. The van der Waals surface area contributed by atoms with E-state index in [0.29, 0.717) is 49.7 Å². The van der Waals surface area contributed by atoms with Gasteiger partial charge in [0, 0.05) is 60.3 Å². The molecule has 9 nitrogen and oxygen atoms in total. The number of aryl methyl sites for hydroxylation is 1. The summed E-state index contributed by atoms with van der Waals surface area (Å²) in [6.45, 7) is 4.02. The lowest BCUT2D eigenvalue weighted by atomic mass is 9.75. The Morgan fingerprint density at radius 3 is 2.71 bits per heavy atom. The number of ether oxygens (including phenoxy) is 2. The van der Waals surface area contributed by atoms with Gasteiger partial charge in [-0.1, -0.05) is 24.1 Å². The van der Waals surface area contributed by atoms with Crippen molar-refractivity contribution in [2.24, 2.45) is 11.3 Å². The number of thiophene rings is 1. The van der Waals surface area contributed by atoms with E-state index in [9.17, 15) is 23.2 Å². The Balaban J connectivity index is 1.12. The van der Waals surface area contributed by atoms with Crippen LogP contribution in [0.2, 0.25) is 5.02 Å². The minimum absolute atomic E-state index is 0.0808. The Hall–Kier alpha value is -4.00. The van der Waals surface area contributed by atoms with E-state index in [0.717, 1.165) is 43.6 Å². The van der Waals surface area contributed by atoms with Crippen molar-refractivity contribution in [3.63, 3.8) is 0 Å². The number of fused-ring (bicyclic) bond motifs is 4. The molecule has 1 saturated carbocycles. The molecule has 0 bridgehead atoms. The first-order valence-electron chi connectivity index (χ1n) is 18.7. The van der Waals surface area contributed by atoms with Crippen LogP contribution >= 0.6 is 22.9 Å². The molecule has 4 saturated heterocycles. The maximum atomic E-state index is 17.5. The minimum Gasteiger partial charge on any atom is -0.489 e. The van der Waals surface area contributed by atoms with E-state index in [4.69, 9.17) is 26.1 Å². The van der Waals surface area contributed by atoms with E-state index in [1.165, 1.54) is 17.0 Å². The number of anilines is 1. The highest BCUT2D eigenvalue weighted by atomic mass is 35.5. The third-order valence-corrected chi connectivity index (χ3v) is 14.4. The van der Waals surface area contributed by atoms with Crippen LogP contribution < -0.4 is 14.4 Å². The standard InChI is InChI=1S/C39H36ClF5N6O3S/c1-19-23(12-46)26-22(5-6-25(42)33(26)55-19)27-29(40)32-28-31(30(27)43)47-36(54-18-38-8-3-9-50(38)13-20(41)10-38)48-34(28)51-17-37(7-2-4-21(51)14-53-32)15-49(16-37)35(52)24-11-39(24,44)45/h5-6,20-21,24H,2-4,7-11,13-18H2,1H3/t20-,21?,24?,38+/m1/s1. The molecule has 55 heavy (non-hydrogen) atoms. The zero-order valence-corrected chi connectivity index (χ0v) is 31.4. The van der Waals surface area contributed by atoms with Gasteiger partial charge in [0.1, 0.15) is 48.5 Å². The summed E-state index contributed by atoms with van der Waals surface area (Å²) in [5.74, 6) is -5.67. The van der Waals surface area contributed by atoms with E-state index in [1.807, 2.05) is 4.90 Å². The molecule has 2 unspecified atom stereocenters. The Bertz CT molecular complexity index is 2370. The summed E-state index contributed by atoms with van der Waals surface area (Å²) >= 11 is 8.26. The maximum Gasteiger partial charge on any atom is 0.319 e. The number of amides is 1. The maximum absolute atomic E-state index is 17.5. The Morgan fingerprint density at radius 2 is 1.95 bits per heavy atom. The largest absolute Gasteiger partial charge is 0.489 e. The molecule has 2 aromatic carbocycles. The molecule has 4 atom stereocenters. The quantitative estimate of drug-likeness (QED) is 0.189. The van der Waals surface area contributed by atoms with Crippen LogP contribution in [0.1, 0.15) is 55.4 Å². The predicted octanol–water partition coefficient (Wildman–Crippen LogP) is 7.81. The number of rotatable bonds is 5. The van der Waals surface area contributed by atoms with Crippen molar-refractivity contribution in [2.45, 2.75) is 75.5 Å². The lowest BCUT2D eigenvalue weighted by Crippen LogP contribution is -2.63. The van der Waals surface area contributed by atoms with E-state index < -0.39 is 52.9 Å². The van der Waals surface area contributed by atoms with E-state index >= 15 is 8.78 Å². The van der Waals surface area contributed by atoms with Gasteiger partial charge in [-0.2, -0.15) is 15.2 Å². The molecule has 5 fully saturated rings. The zero-order valence-electron chi connectivity index (χ0n) is 29.9. The smallest absolute Gasteiger partial charge is 0.319 e. The summed E-state index contributed by atoms with van der Waals surface area (Å²) in [5.41, 5.74) is -0.786. The fourth-order valence-corrected chi connectivity index (χ4v) is 11.4. The van der Waals surface area contributed by atoms with Crippen LogP contribution in [0.3, 0.4) is 0 Å². The number of benzene rings is 2. The molecule has 4 aromatic rings. The van der Waals surface area contributed by atoms with Crippen LogP contribution in [0.4, 0.5) is 27.8 Å². The number of alkyl halides is 3. The molecule has 6 aliphatic rings. The van der Waals surface area contributed by atoms with Gasteiger partial charge in [-0.3, -0.25) is 9.69 Å². The third kappa shape index (κ3) is 5.33. The highest BCUT2D eigenvalue weighted by molar-refractivity contribution is 7.19. The summed E-state index contributed by atoms with van der Waals surface area (Å²) in [7, 11) is 0. The van der Waals surface area contributed by atoms with Gasteiger partial charge in [0.2, 0.25) is 5.91 Å². The minimum atomic E-state index is -2.96. The number of likely N-dealkylation sites (tertiary alicyclic amines) is 1. The van der Waals surface area contributed by atoms with Crippen molar-refractivity contribution >= 4 is 55.7 Å². The molecule has 7 heterocycles. The van der Waals surface area contributed by atoms with E-state index in [1.54, 1.807) is 6.92 Å². The number of carbonyl (C=O) groups excluding carboxylic acids is 1. The molecule has 10 rings (SSSR count). The van der Waals surface area contributed by atoms with Crippen LogP contribution in [-0.4, -0.2) is 95.3 Å². The van der Waals surface area contributed by atoms with Gasteiger partial charge < -0.3 is 19.3 Å². The average molecular weight is 799 g/mol. The fraction of sp³-hybridized carbons (Fsp3) is 0.538. The Labute approximate surface area is 321 Å². The summed E-state index contributed by atoms with van der Waals surface area (Å²) in [6, 6.07) is 4.41. The van der Waals surface area contributed by atoms with Gasteiger partial charge in [-0.15, -0.1) is 11.3 Å². The lowest BCUT2D eigenvalue weighted by Gasteiger charge is -2.52. The molecule has 0 radical (unpaired) electrons. The van der Waals surface area contributed by atoms with Crippen molar-refractivity contribution in [1.82, 2.24) is 19.8 Å². The van der Waals surface area contributed by atoms with Crippen molar-refractivity contribution < 1.29 is 36.2 Å². The number of halogens is 6. The van der Waals surface area contributed by atoms with Gasteiger partial charge in [0.25, 0.3) is 5.92 Å². The Morgan fingerprint density at radius 1 is 1.15 bits per heavy atom. The van der Waals surface area contributed by atoms with Crippen LogP contribution in [0.5, 0.6) is 11.8 Å². The highest BCUT2D eigenvalue weighted by Gasteiger charge is 2.64. The third-order valence-electron chi connectivity index (χ3n) is 12.9. The number of aromatic nitrogens is 2. The summed E-state index contributed by atoms with van der Waals surface area (Å²) < 4.78 is 88.1. The molecular weight excluding hydrogens is 763 g/mol. The SMILES string of the molecule is Cc1sc2c(F)ccc(-c3c(Cl)c4c5c(nc(OC[C@@]67CCCN6C[C@H](F)C7)nc5c3F)N3CC5(CCCC3CO4)CN(C(=O)C3CC3(F)F)C5)c2c1C#N. The van der Waals surface area contributed by atoms with Gasteiger partial charge >= 0.3 is 6.01 Å². The van der Waals surface area contributed by atoms with Crippen LogP contribution in [0.25, 0.3) is 32.1 Å². The molecular formula is C39H36ClF5N6O3S. The van der Waals surface area contributed by atoms with Gasteiger partial charge in [-0.25, -0.2) is 22.0 Å². The van der Waals surface area contributed by atoms with Crippen LogP contribution in [-0.2, 0) is 4.79 Å². The molecule has 1 amide bonds. The Kier molecular flexibility index (Phi) is 7.89. The van der Waals surface area contributed by atoms with E-state index in [2.05, 4.69) is 16.0 Å². The van der Waals surface area contributed by atoms with E-state index in [-0.39, 0.29) is 73.7 Å². The number of nitriles is 1. The number of carbonyl (C=O) groups is 1. The molecule has 1 aliphatic carbocycles. The molecule has 1 spiro atoms. The number of nitrogens with zero attached hydrogens (tertiary/aromatic N) is 6. The second kappa shape index (κ2) is 12.2. The van der Waals surface area contributed by atoms with Gasteiger partial charge in [-0.05, 0) is 50.8 Å². The van der Waals surface area contributed by atoms with Crippen LogP contribution in [0, 0.1) is 41.2 Å². The first-order valence-corrected chi connectivity index (χ1v) is 19.9. The topological polar surface area (TPSA) is 94.8 Å². The summed E-state index contributed by atoms with van der Waals surface area (Å²) in [6.07, 6.45) is 2.69. The monoisotopic (exact) mass is 798 g/mol. The van der Waals surface area contributed by atoms with Crippen molar-refractivity contribution in [1.29, 1.82) is 5.26 Å².